The lowest BCUT2D eigenvalue weighted by molar-refractivity contribution is -0.130. The van der Waals surface area contributed by atoms with Gasteiger partial charge in [-0.05, 0) is 36.5 Å². The van der Waals surface area contributed by atoms with Gasteiger partial charge in [-0.1, -0.05) is 43.3 Å². The maximum Gasteiger partial charge on any atom is 0.241 e. The van der Waals surface area contributed by atoms with Crippen LogP contribution in [0.2, 0.25) is 0 Å². The highest BCUT2D eigenvalue weighted by molar-refractivity contribution is 5.81. The van der Waals surface area contributed by atoms with Crippen LogP contribution in [0.3, 0.4) is 0 Å². The molecule has 25 heavy (non-hydrogen) atoms. The molecule has 0 unspecified atom stereocenters. The number of nitrogens with zero attached hydrogens (tertiary/aromatic N) is 1. The quantitative estimate of drug-likeness (QED) is 0.867. The third-order valence-electron chi connectivity index (χ3n) is 4.66. The van der Waals surface area contributed by atoms with E-state index in [1.165, 1.54) is 0 Å². The van der Waals surface area contributed by atoms with Gasteiger partial charge in [-0.2, -0.15) is 0 Å². The maximum atomic E-state index is 12.3. The van der Waals surface area contributed by atoms with E-state index in [1.54, 1.807) is 0 Å². The van der Waals surface area contributed by atoms with Gasteiger partial charge in [0.2, 0.25) is 5.91 Å². The zero-order valence-corrected chi connectivity index (χ0v) is 14.8. The second-order valence-electron chi connectivity index (χ2n) is 6.72. The standard InChI is InChI=1S/C21H26N2O2/c1-17-10-12-23(13-11-17)21(24)15-22-19-8-5-9-20(14-19)25-16-18-6-3-2-4-7-18/h2-9,14,17,22H,10-13,15-16H2,1H3. The number of nitrogens with one attached hydrogen (secondary N) is 1. The molecule has 4 heteroatoms. The number of carbonyl (C=O) groups is 1. The summed E-state index contributed by atoms with van der Waals surface area (Å²) in [4.78, 5) is 14.3. The number of piperidine rings is 1. The van der Waals surface area contributed by atoms with Gasteiger partial charge in [-0.15, -0.1) is 0 Å². The molecule has 1 aliphatic rings. The molecule has 0 aromatic heterocycles. The molecule has 1 saturated heterocycles. The van der Waals surface area contributed by atoms with Gasteiger partial charge in [-0.3, -0.25) is 4.79 Å². The number of likely N-dealkylation sites (tertiary alicyclic amines) is 1. The predicted molar refractivity (Wildman–Crippen MR) is 101 cm³/mol. The fourth-order valence-electron chi connectivity index (χ4n) is 2.98. The minimum atomic E-state index is 0.169. The van der Waals surface area contributed by atoms with Crippen LogP contribution >= 0.6 is 0 Å². The van der Waals surface area contributed by atoms with Crippen LogP contribution in [-0.2, 0) is 11.4 Å². The summed E-state index contributed by atoms with van der Waals surface area (Å²) in [6.07, 6.45) is 2.21. The summed E-state index contributed by atoms with van der Waals surface area (Å²) < 4.78 is 5.83. The van der Waals surface area contributed by atoms with Crippen LogP contribution in [0.15, 0.2) is 54.6 Å². The summed E-state index contributed by atoms with van der Waals surface area (Å²) >= 11 is 0. The molecule has 0 atom stereocenters. The number of rotatable bonds is 6. The van der Waals surface area contributed by atoms with E-state index in [0.29, 0.717) is 13.2 Å². The Morgan fingerprint density at radius 2 is 1.88 bits per heavy atom. The average molecular weight is 338 g/mol. The Hall–Kier alpha value is -2.49. The number of hydrogen-bond acceptors (Lipinski definition) is 3. The molecule has 0 aliphatic carbocycles. The normalized spacial score (nSPS) is 15.0. The van der Waals surface area contributed by atoms with E-state index >= 15 is 0 Å². The average Bonchev–Trinajstić information content (AvgIpc) is 2.66. The van der Waals surface area contributed by atoms with Gasteiger partial charge in [0.1, 0.15) is 12.4 Å². The lowest BCUT2D eigenvalue weighted by atomic mass is 9.99. The number of benzene rings is 2. The van der Waals surface area contributed by atoms with Gasteiger partial charge in [-0.25, -0.2) is 0 Å². The molecule has 2 aromatic rings. The summed E-state index contributed by atoms with van der Waals surface area (Å²) in [6, 6.07) is 17.9. The second-order valence-corrected chi connectivity index (χ2v) is 6.72. The SMILES string of the molecule is CC1CCN(C(=O)CNc2cccc(OCc3ccccc3)c2)CC1. The molecular weight excluding hydrogens is 312 g/mol. The lowest BCUT2D eigenvalue weighted by Crippen LogP contribution is -2.40. The first-order valence-corrected chi connectivity index (χ1v) is 8.99. The number of hydrogen-bond donors (Lipinski definition) is 1. The molecule has 1 N–H and O–H groups in total. The van der Waals surface area contributed by atoms with Gasteiger partial charge in [0.25, 0.3) is 0 Å². The highest BCUT2D eigenvalue weighted by atomic mass is 16.5. The Balaban J connectivity index is 1.49. The van der Waals surface area contributed by atoms with Crippen molar-refractivity contribution >= 4 is 11.6 Å². The van der Waals surface area contributed by atoms with Gasteiger partial charge < -0.3 is 15.0 Å². The molecule has 132 valence electrons. The molecule has 1 aliphatic heterocycles. The fraction of sp³-hybridized carbons (Fsp3) is 0.381. The van der Waals surface area contributed by atoms with Crippen molar-refractivity contribution in [2.75, 3.05) is 25.0 Å². The van der Waals surface area contributed by atoms with Crippen molar-refractivity contribution in [3.63, 3.8) is 0 Å². The lowest BCUT2D eigenvalue weighted by Gasteiger charge is -2.30. The second kappa shape index (κ2) is 8.56. The first kappa shape index (κ1) is 17.3. The molecule has 1 heterocycles. The van der Waals surface area contributed by atoms with Crippen LogP contribution in [0.5, 0.6) is 5.75 Å². The van der Waals surface area contributed by atoms with Crippen LogP contribution in [-0.4, -0.2) is 30.4 Å². The topological polar surface area (TPSA) is 41.6 Å². The number of anilines is 1. The van der Waals surface area contributed by atoms with Crippen molar-refractivity contribution in [2.45, 2.75) is 26.4 Å². The molecule has 1 amide bonds. The third-order valence-corrected chi connectivity index (χ3v) is 4.66. The van der Waals surface area contributed by atoms with Crippen molar-refractivity contribution in [2.24, 2.45) is 5.92 Å². The highest BCUT2D eigenvalue weighted by Gasteiger charge is 2.19. The van der Waals surface area contributed by atoms with E-state index in [9.17, 15) is 4.79 Å². The molecule has 0 saturated carbocycles. The molecule has 0 radical (unpaired) electrons. The first-order valence-electron chi connectivity index (χ1n) is 8.99. The van der Waals surface area contributed by atoms with Crippen LogP contribution in [0.4, 0.5) is 5.69 Å². The molecule has 0 bridgehead atoms. The summed E-state index contributed by atoms with van der Waals surface area (Å²) in [5, 5.41) is 3.22. The van der Waals surface area contributed by atoms with Crippen LogP contribution in [0.25, 0.3) is 0 Å². The van der Waals surface area contributed by atoms with Crippen molar-refractivity contribution in [1.82, 2.24) is 4.90 Å². The van der Waals surface area contributed by atoms with E-state index in [1.807, 2.05) is 59.5 Å². The minimum Gasteiger partial charge on any atom is -0.489 e. The van der Waals surface area contributed by atoms with E-state index in [2.05, 4.69) is 12.2 Å². The van der Waals surface area contributed by atoms with Gasteiger partial charge in [0.15, 0.2) is 0 Å². The summed E-state index contributed by atoms with van der Waals surface area (Å²) in [7, 11) is 0. The van der Waals surface area contributed by atoms with Crippen LogP contribution in [0.1, 0.15) is 25.3 Å². The van der Waals surface area contributed by atoms with E-state index in [0.717, 1.165) is 48.8 Å². The zero-order chi connectivity index (χ0) is 17.5. The first-order chi connectivity index (χ1) is 12.2. The number of ether oxygens (including phenoxy) is 1. The Kier molecular flexibility index (Phi) is 5.94. The van der Waals surface area contributed by atoms with Gasteiger partial charge in [0, 0.05) is 24.8 Å². The largest absolute Gasteiger partial charge is 0.489 e. The molecular formula is C21H26N2O2. The molecule has 4 nitrogen and oxygen atoms in total. The molecule has 3 rings (SSSR count). The van der Waals surface area contributed by atoms with Gasteiger partial charge in [0.05, 0.1) is 6.54 Å². The van der Waals surface area contributed by atoms with Crippen molar-refractivity contribution in [3.05, 3.63) is 60.2 Å². The predicted octanol–water partition coefficient (Wildman–Crippen LogP) is 3.94. The van der Waals surface area contributed by atoms with E-state index in [-0.39, 0.29) is 5.91 Å². The number of amides is 1. The van der Waals surface area contributed by atoms with Gasteiger partial charge >= 0.3 is 0 Å². The Bertz CT molecular complexity index is 679. The monoisotopic (exact) mass is 338 g/mol. The Labute approximate surface area is 149 Å². The molecule has 0 spiro atoms. The van der Waals surface area contributed by atoms with Crippen LogP contribution in [0, 0.1) is 5.92 Å². The number of carbonyl (C=O) groups excluding carboxylic acids is 1. The van der Waals surface area contributed by atoms with Crippen LogP contribution < -0.4 is 10.1 Å². The van der Waals surface area contributed by atoms with E-state index < -0.39 is 0 Å². The van der Waals surface area contributed by atoms with Crippen molar-refractivity contribution in [1.29, 1.82) is 0 Å². The van der Waals surface area contributed by atoms with Crippen molar-refractivity contribution < 1.29 is 9.53 Å². The fourth-order valence-corrected chi connectivity index (χ4v) is 2.98. The Morgan fingerprint density at radius 3 is 2.64 bits per heavy atom. The maximum absolute atomic E-state index is 12.3. The Morgan fingerprint density at radius 1 is 1.12 bits per heavy atom. The summed E-state index contributed by atoms with van der Waals surface area (Å²) in [5.41, 5.74) is 2.04. The van der Waals surface area contributed by atoms with Crippen molar-refractivity contribution in [3.8, 4) is 5.75 Å². The highest BCUT2D eigenvalue weighted by Crippen LogP contribution is 2.19. The molecule has 2 aromatic carbocycles. The van der Waals surface area contributed by atoms with E-state index in [4.69, 9.17) is 4.74 Å². The third kappa shape index (κ3) is 5.24. The summed E-state index contributed by atoms with van der Waals surface area (Å²) in [6.45, 7) is 4.87. The molecule has 1 fully saturated rings. The zero-order valence-electron chi connectivity index (χ0n) is 14.8. The smallest absolute Gasteiger partial charge is 0.241 e. The minimum absolute atomic E-state index is 0.169. The summed E-state index contributed by atoms with van der Waals surface area (Å²) in [5.74, 6) is 1.70.